The van der Waals surface area contributed by atoms with Gasteiger partial charge in [-0.05, 0) is 93.8 Å². The molecule has 1 aliphatic heterocycles. The Morgan fingerprint density at radius 2 is 1.78 bits per heavy atom. The monoisotopic (exact) mass is 789 g/mol. The maximum atomic E-state index is 15.0. The van der Waals surface area contributed by atoms with Gasteiger partial charge in [0, 0.05) is 65.4 Å². The van der Waals surface area contributed by atoms with Gasteiger partial charge in [0.1, 0.15) is 17.4 Å². The molecular formula is C44H54Cl2FN5O3. The first-order valence-corrected chi connectivity index (χ1v) is 19.9. The van der Waals surface area contributed by atoms with Crippen LogP contribution in [0.5, 0.6) is 5.75 Å². The smallest absolute Gasteiger partial charge is 0.325 e. The number of piperidine rings is 1. The third kappa shape index (κ3) is 11.0. The Balaban J connectivity index is 1.46. The van der Waals surface area contributed by atoms with Crippen molar-refractivity contribution >= 4 is 41.0 Å². The van der Waals surface area contributed by atoms with Gasteiger partial charge >= 0.3 is 6.03 Å². The van der Waals surface area contributed by atoms with E-state index >= 15 is 0 Å². The third-order valence-corrected chi connectivity index (χ3v) is 11.0. The number of amides is 3. The molecule has 1 atom stereocenters. The van der Waals surface area contributed by atoms with Gasteiger partial charge in [-0.15, -0.1) is 0 Å². The Kier molecular flexibility index (Phi) is 13.8. The fourth-order valence-electron chi connectivity index (χ4n) is 6.91. The van der Waals surface area contributed by atoms with Gasteiger partial charge in [-0.1, -0.05) is 80.4 Å². The Hall–Kier alpha value is -4.21. The fourth-order valence-corrected chi connectivity index (χ4v) is 7.19. The molecule has 3 amide bonds. The highest BCUT2D eigenvalue weighted by molar-refractivity contribution is 6.31. The number of likely N-dealkylation sites (tertiary alicyclic amines) is 1. The number of nitrogens with one attached hydrogen (secondary N) is 1. The number of aromatic nitrogens is 1. The Morgan fingerprint density at radius 3 is 2.42 bits per heavy atom. The number of allylic oxidation sites excluding steroid dienone is 3. The number of hydrogen-bond acceptors (Lipinski definition) is 5. The first-order valence-electron chi connectivity index (χ1n) is 19.1. The second-order valence-corrected chi connectivity index (χ2v) is 16.9. The molecule has 0 saturated carbocycles. The second-order valence-electron chi connectivity index (χ2n) is 16.1. The van der Waals surface area contributed by atoms with Gasteiger partial charge in [-0.2, -0.15) is 0 Å². The largest absolute Gasteiger partial charge is 0.493 e. The number of aliphatic imine (C=N–C) groups is 1. The number of urea groups is 1. The Bertz CT molecular complexity index is 1930. The van der Waals surface area contributed by atoms with E-state index in [1.807, 2.05) is 60.4 Å². The topological polar surface area (TPSA) is 87.1 Å². The van der Waals surface area contributed by atoms with E-state index in [0.717, 1.165) is 16.8 Å². The van der Waals surface area contributed by atoms with E-state index in [4.69, 9.17) is 37.9 Å². The Morgan fingerprint density at radius 1 is 1.07 bits per heavy atom. The van der Waals surface area contributed by atoms with Gasteiger partial charge in [0.05, 0.1) is 24.3 Å². The summed E-state index contributed by atoms with van der Waals surface area (Å²) < 4.78 is 20.3. The average molecular weight is 791 g/mol. The van der Waals surface area contributed by atoms with Crippen molar-refractivity contribution in [3.8, 4) is 5.75 Å². The predicted octanol–water partition coefficient (Wildman–Crippen LogP) is 10.1. The number of benzene rings is 2. The van der Waals surface area contributed by atoms with Gasteiger partial charge in [-0.3, -0.25) is 19.7 Å². The number of rotatable bonds is 11. The highest BCUT2D eigenvalue weighted by Gasteiger charge is 2.36. The minimum absolute atomic E-state index is 0.0153. The van der Waals surface area contributed by atoms with Gasteiger partial charge < -0.3 is 15.0 Å². The van der Waals surface area contributed by atoms with Crippen molar-refractivity contribution in [1.29, 1.82) is 0 Å². The van der Waals surface area contributed by atoms with Crippen molar-refractivity contribution in [3.63, 3.8) is 0 Å². The zero-order valence-corrected chi connectivity index (χ0v) is 34.6. The molecule has 0 bridgehead atoms. The number of amidine groups is 1. The minimum atomic E-state index is -0.658. The van der Waals surface area contributed by atoms with E-state index in [2.05, 4.69) is 46.0 Å². The van der Waals surface area contributed by atoms with Gasteiger partial charge in [0.2, 0.25) is 5.91 Å². The van der Waals surface area contributed by atoms with Crippen LogP contribution in [0.25, 0.3) is 0 Å². The summed E-state index contributed by atoms with van der Waals surface area (Å²) in [6.45, 7) is 16.0. The number of carbonyl (C=O) groups excluding carboxylic acids is 2. The molecule has 2 heterocycles. The molecule has 1 N–H and O–H groups in total. The zero-order valence-electron chi connectivity index (χ0n) is 33.1. The van der Waals surface area contributed by atoms with Crippen LogP contribution in [0.1, 0.15) is 95.2 Å². The first kappa shape index (κ1) is 41.9. The molecule has 2 aliphatic rings. The van der Waals surface area contributed by atoms with Crippen molar-refractivity contribution in [2.75, 3.05) is 19.7 Å². The Labute approximate surface area is 335 Å². The summed E-state index contributed by atoms with van der Waals surface area (Å²) in [6.07, 6.45) is 10.1. The van der Waals surface area contributed by atoms with E-state index in [1.54, 1.807) is 24.1 Å². The third-order valence-electron chi connectivity index (χ3n) is 10.5. The first-order chi connectivity index (χ1) is 26.0. The second kappa shape index (κ2) is 18.2. The summed E-state index contributed by atoms with van der Waals surface area (Å²) in [7, 11) is 0. The van der Waals surface area contributed by atoms with Crippen LogP contribution in [0.15, 0.2) is 83.0 Å². The van der Waals surface area contributed by atoms with Crippen LogP contribution in [-0.2, 0) is 23.3 Å². The quantitative estimate of drug-likeness (QED) is 0.155. The fraction of sp³-hybridized carbons (Fsp3) is 0.455. The molecule has 1 aliphatic carbocycles. The number of halogens is 3. The molecule has 1 fully saturated rings. The van der Waals surface area contributed by atoms with Crippen LogP contribution in [0.3, 0.4) is 0 Å². The maximum absolute atomic E-state index is 15.0. The summed E-state index contributed by atoms with van der Waals surface area (Å²) in [4.78, 5) is 41.9. The SMILES string of the molecule is CCOc1cc(C(C)(C)C)ncc1C(=NC(C)(C)C1C=CC(Cl)=CC1)N(Cc1ccc(Cl)cc1)C(=O)N1CCC(CC(=O)NCc2cccc(F)c2C)CC1. The lowest BCUT2D eigenvalue weighted by atomic mass is 9.83. The van der Waals surface area contributed by atoms with E-state index in [0.29, 0.717) is 78.1 Å². The molecule has 55 heavy (non-hydrogen) atoms. The van der Waals surface area contributed by atoms with Crippen LogP contribution in [0.4, 0.5) is 9.18 Å². The van der Waals surface area contributed by atoms with Crippen molar-refractivity contribution in [2.24, 2.45) is 16.8 Å². The molecule has 3 aromatic rings. The van der Waals surface area contributed by atoms with Crippen molar-refractivity contribution in [2.45, 2.75) is 98.2 Å². The molecule has 5 rings (SSSR count). The molecule has 0 radical (unpaired) electrons. The number of ether oxygens (including phenoxy) is 1. The van der Waals surface area contributed by atoms with Crippen LogP contribution in [0, 0.1) is 24.6 Å². The molecule has 1 aromatic heterocycles. The van der Waals surface area contributed by atoms with Crippen molar-refractivity contribution in [1.82, 2.24) is 20.1 Å². The molecule has 2 aromatic carbocycles. The zero-order chi connectivity index (χ0) is 39.9. The standard InChI is InChI=1S/C44H54Cl2FN5O3/c1-8-55-38-25-39(43(3,4)5)48-27-36(38)41(50-44(6,7)33-14-18-35(46)19-15-33)52(28-31-12-16-34(45)17-13-31)42(54)51-22-20-30(21-23-51)24-40(53)49-26-32-10-9-11-37(47)29(32)2/h9-14,16-19,25,27,30,33H,8,15,20-24,26,28H2,1-7H3,(H,49,53). The van der Waals surface area contributed by atoms with Crippen molar-refractivity contribution in [3.05, 3.63) is 117 Å². The summed E-state index contributed by atoms with van der Waals surface area (Å²) in [5.41, 5.74) is 2.76. The molecule has 1 saturated heterocycles. The summed E-state index contributed by atoms with van der Waals surface area (Å²) in [5.74, 6) is 0.811. The molecular weight excluding hydrogens is 736 g/mol. The lowest BCUT2D eigenvalue weighted by molar-refractivity contribution is -0.122. The minimum Gasteiger partial charge on any atom is -0.493 e. The highest BCUT2D eigenvalue weighted by atomic mass is 35.5. The molecule has 294 valence electrons. The normalized spacial score (nSPS) is 16.8. The van der Waals surface area contributed by atoms with Gasteiger partial charge in [-0.25, -0.2) is 9.18 Å². The van der Waals surface area contributed by atoms with Crippen LogP contribution >= 0.6 is 23.2 Å². The average Bonchev–Trinajstić information content (AvgIpc) is 3.14. The summed E-state index contributed by atoms with van der Waals surface area (Å²) >= 11 is 12.6. The van der Waals surface area contributed by atoms with Crippen LogP contribution in [0.2, 0.25) is 5.02 Å². The highest BCUT2D eigenvalue weighted by Crippen LogP contribution is 2.35. The number of carbonyl (C=O) groups is 2. The van der Waals surface area contributed by atoms with E-state index in [-0.39, 0.29) is 48.1 Å². The van der Waals surface area contributed by atoms with Crippen LogP contribution < -0.4 is 10.1 Å². The predicted molar refractivity (Wildman–Crippen MR) is 220 cm³/mol. The molecule has 8 nitrogen and oxygen atoms in total. The van der Waals surface area contributed by atoms with Gasteiger partial charge in [0.15, 0.2) is 0 Å². The van der Waals surface area contributed by atoms with Crippen LogP contribution in [-0.4, -0.2) is 57.8 Å². The number of nitrogens with zero attached hydrogens (tertiary/aromatic N) is 4. The van der Waals surface area contributed by atoms with E-state index < -0.39 is 5.54 Å². The molecule has 0 spiro atoms. The van der Waals surface area contributed by atoms with E-state index in [1.165, 1.54) is 6.07 Å². The van der Waals surface area contributed by atoms with Gasteiger partial charge in [0.25, 0.3) is 0 Å². The molecule has 11 heteroatoms. The van der Waals surface area contributed by atoms with E-state index in [9.17, 15) is 14.0 Å². The summed E-state index contributed by atoms with van der Waals surface area (Å²) in [6, 6.07) is 14.1. The lowest BCUT2D eigenvalue weighted by Gasteiger charge is -2.38. The number of pyridine rings is 1. The maximum Gasteiger partial charge on any atom is 0.325 e. The summed E-state index contributed by atoms with van der Waals surface area (Å²) in [5, 5.41) is 4.25. The lowest BCUT2D eigenvalue weighted by Crippen LogP contribution is -2.50. The molecule has 1 unspecified atom stereocenters. The van der Waals surface area contributed by atoms with Crippen molar-refractivity contribution < 1.29 is 18.7 Å². The number of hydrogen-bond donors (Lipinski definition) is 1.